The van der Waals surface area contributed by atoms with Crippen molar-refractivity contribution < 1.29 is 22.7 Å². The van der Waals surface area contributed by atoms with Crippen LogP contribution in [0.3, 0.4) is 0 Å². The zero-order chi connectivity index (χ0) is 13.1. The van der Waals surface area contributed by atoms with Crippen LogP contribution >= 0.6 is 0 Å². The summed E-state index contributed by atoms with van der Waals surface area (Å²) in [7, 11) is -4.00. The zero-order valence-corrected chi connectivity index (χ0v) is 9.92. The number of hydrogen-bond donors (Lipinski definition) is 2. The van der Waals surface area contributed by atoms with Crippen LogP contribution in [-0.4, -0.2) is 26.0 Å². The molecule has 0 radical (unpaired) electrons. The SMILES string of the molecule is Cc1cccc(S(=O)(=O)NCCC(=O)O)c1F. The molecule has 0 aromatic heterocycles. The van der Waals surface area contributed by atoms with Gasteiger partial charge in [-0.15, -0.1) is 0 Å². The van der Waals surface area contributed by atoms with E-state index >= 15 is 0 Å². The minimum atomic E-state index is -4.00. The fourth-order valence-electron chi connectivity index (χ4n) is 1.20. The lowest BCUT2D eigenvalue weighted by molar-refractivity contribution is -0.136. The number of carbonyl (C=O) groups is 1. The number of benzene rings is 1. The zero-order valence-electron chi connectivity index (χ0n) is 9.10. The summed E-state index contributed by atoms with van der Waals surface area (Å²) < 4.78 is 38.9. The molecule has 0 amide bonds. The van der Waals surface area contributed by atoms with Gasteiger partial charge in [-0.05, 0) is 18.6 Å². The van der Waals surface area contributed by atoms with E-state index in [4.69, 9.17) is 5.11 Å². The molecule has 94 valence electrons. The van der Waals surface area contributed by atoms with E-state index in [-0.39, 0.29) is 18.5 Å². The molecular formula is C10H12FNO4S. The average Bonchev–Trinajstić information content (AvgIpc) is 2.21. The van der Waals surface area contributed by atoms with E-state index in [1.165, 1.54) is 19.1 Å². The van der Waals surface area contributed by atoms with Crippen LogP contribution < -0.4 is 4.72 Å². The molecule has 0 saturated heterocycles. The van der Waals surface area contributed by atoms with E-state index < -0.39 is 26.7 Å². The summed E-state index contributed by atoms with van der Waals surface area (Å²) >= 11 is 0. The third-order valence-corrected chi connectivity index (χ3v) is 3.56. The minimum absolute atomic E-state index is 0.214. The summed E-state index contributed by atoms with van der Waals surface area (Å²) in [6, 6.07) is 4.00. The van der Waals surface area contributed by atoms with Gasteiger partial charge in [0.2, 0.25) is 10.0 Å². The highest BCUT2D eigenvalue weighted by atomic mass is 32.2. The van der Waals surface area contributed by atoms with Crippen molar-refractivity contribution in [2.75, 3.05) is 6.54 Å². The number of hydrogen-bond acceptors (Lipinski definition) is 3. The monoisotopic (exact) mass is 261 g/mol. The van der Waals surface area contributed by atoms with Gasteiger partial charge in [0.1, 0.15) is 10.7 Å². The highest BCUT2D eigenvalue weighted by Crippen LogP contribution is 2.16. The lowest BCUT2D eigenvalue weighted by atomic mass is 10.2. The van der Waals surface area contributed by atoms with Crippen molar-refractivity contribution in [2.45, 2.75) is 18.2 Å². The van der Waals surface area contributed by atoms with E-state index in [9.17, 15) is 17.6 Å². The van der Waals surface area contributed by atoms with Crippen LogP contribution in [0.1, 0.15) is 12.0 Å². The Morgan fingerprint density at radius 1 is 1.47 bits per heavy atom. The molecule has 7 heteroatoms. The van der Waals surface area contributed by atoms with Crippen molar-refractivity contribution in [3.63, 3.8) is 0 Å². The van der Waals surface area contributed by atoms with Crippen molar-refractivity contribution in [1.29, 1.82) is 0 Å². The average molecular weight is 261 g/mol. The molecule has 1 aromatic rings. The summed E-state index contributed by atoms with van der Waals surface area (Å²) in [6.45, 7) is 1.18. The van der Waals surface area contributed by atoms with Crippen molar-refractivity contribution >= 4 is 16.0 Å². The highest BCUT2D eigenvalue weighted by Gasteiger charge is 2.19. The molecule has 0 aliphatic rings. The molecular weight excluding hydrogens is 249 g/mol. The molecule has 17 heavy (non-hydrogen) atoms. The standard InChI is InChI=1S/C10H12FNO4S/c1-7-3-2-4-8(10(7)11)17(15,16)12-6-5-9(13)14/h2-4,12H,5-6H2,1H3,(H,13,14). The predicted octanol–water partition coefficient (Wildman–Crippen LogP) is 0.887. The Morgan fingerprint density at radius 3 is 2.71 bits per heavy atom. The first kappa shape index (κ1) is 13.6. The second kappa shape index (κ2) is 5.24. The maximum Gasteiger partial charge on any atom is 0.304 e. The Labute approximate surface area is 98.3 Å². The summed E-state index contributed by atoms with van der Waals surface area (Å²) in [5.74, 6) is -1.95. The van der Waals surface area contributed by atoms with E-state index in [0.717, 1.165) is 6.07 Å². The molecule has 1 aromatic carbocycles. The number of nitrogens with one attached hydrogen (secondary N) is 1. The van der Waals surface area contributed by atoms with Gasteiger partial charge in [-0.3, -0.25) is 4.79 Å². The Kier molecular flexibility index (Phi) is 4.19. The molecule has 0 unspecified atom stereocenters. The van der Waals surface area contributed by atoms with Crippen LogP contribution in [0.15, 0.2) is 23.1 Å². The fourth-order valence-corrected chi connectivity index (χ4v) is 2.38. The molecule has 1 rings (SSSR count). The van der Waals surface area contributed by atoms with Crippen LogP contribution in [-0.2, 0) is 14.8 Å². The fraction of sp³-hybridized carbons (Fsp3) is 0.300. The number of carboxylic acids is 1. The second-order valence-electron chi connectivity index (χ2n) is 3.43. The van der Waals surface area contributed by atoms with Gasteiger partial charge in [0.25, 0.3) is 0 Å². The maximum absolute atomic E-state index is 13.5. The number of aliphatic carboxylic acids is 1. The molecule has 0 fully saturated rings. The predicted molar refractivity (Wildman–Crippen MR) is 58.6 cm³/mol. The second-order valence-corrected chi connectivity index (χ2v) is 5.16. The molecule has 2 N–H and O–H groups in total. The molecule has 0 spiro atoms. The van der Waals surface area contributed by atoms with Crippen LogP contribution in [0.25, 0.3) is 0 Å². The number of aryl methyl sites for hydroxylation is 1. The van der Waals surface area contributed by atoms with Gasteiger partial charge >= 0.3 is 5.97 Å². The Morgan fingerprint density at radius 2 is 2.12 bits per heavy atom. The maximum atomic E-state index is 13.5. The van der Waals surface area contributed by atoms with Crippen LogP contribution in [0.2, 0.25) is 0 Å². The quantitative estimate of drug-likeness (QED) is 0.824. The van der Waals surface area contributed by atoms with Gasteiger partial charge in [0.15, 0.2) is 0 Å². The Hall–Kier alpha value is -1.47. The number of halogens is 1. The van der Waals surface area contributed by atoms with Gasteiger partial charge in [-0.1, -0.05) is 12.1 Å². The summed E-state index contributed by atoms with van der Waals surface area (Å²) in [6.07, 6.45) is -0.354. The van der Waals surface area contributed by atoms with Gasteiger partial charge in [0, 0.05) is 6.54 Å². The number of rotatable bonds is 5. The third-order valence-electron chi connectivity index (χ3n) is 2.08. The normalized spacial score (nSPS) is 11.4. The Bertz CT molecular complexity index is 527. The lowest BCUT2D eigenvalue weighted by Crippen LogP contribution is -2.27. The first-order valence-electron chi connectivity index (χ1n) is 4.81. The number of sulfonamides is 1. The van der Waals surface area contributed by atoms with Gasteiger partial charge in [0.05, 0.1) is 6.42 Å². The van der Waals surface area contributed by atoms with E-state index in [2.05, 4.69) is 0 Å². The molecule has 0 bridgehead atoms. The van der Waals surface area contributed by atoms with Gasteiger partial charge in [-0.2, -0.15) is 0 Å². The van der Waals surface area contributed by atoms with Gasteiger partial charge < -0.3 is 5.11 Å². The molecule has 0 atom stereocenters. The van der Waals surface area contributed by atoms with Crippen molar-refractivity contribution in [3.05, 3.63) is 29.6 Å². The highest BCUT2D eigenvalue weighted by molar-refractivity contribution is 7.89. The topological polar surface area (TPSA) is 83.5 Å². The van der Waals surface area contributed by atoms with Crippen LogP contribution in [0.4, 0.5) is 4.39 Å². The van der Waals surface area contributed by atoms with E-state index in [1.54, 1.807) is 0 Å². The molecule has 5 nitrogen and oxygen atoms in total. The summed E-state index contributed by atoms with van der Waals surface area (Å²) in [4.78, 5) is 9.76. The first-order valence-corrected chi connectivity index (χ1v) is 6.29. The number of carboxylic acid groups (broad SMARTS) is 1. The lowest BCUT2D eigenvalue weighted by Gasteiger charge is -2.07. The summed E-state index contributed by atoms with van der Waals surface area (Å²) in [5, 5.41) is 8.37. The Balaban J connectivity index is 2.90. The summed E-state index contributed by atoms with van der Waals surface area (Å²) in [5.41, 5.74) is 0.214. The molecule has 0 heterocycles. The smallest absolute Gasteiger partial charge is 0.304 e. The molecule has 0 aliphatic carbocycles. The van der Waals surface area contributed by atoms with E-state index in [1.807, 2.05) is 4.72 Å². The minimum Gasteiger partial charge on any atom is -0.481 e. The molecule has 0 aliphatic heterocycles. The van der Waals surface area contributed by atoms with E-state index in [0.29, 0.717) is 0 Å². The van der Waals surface area contributed by atoms with Crippen molar-refractivity contribution in [2.24, 2.45) is 0 Å². The third kappa shape index (κ3) is 3.50. The van der Waals surface area contributed by atoms with Crippen molar-refractivity contribution in [3.8, 4) is 0 Å². The largest absolute Gasteiger partial charge is 0.481 e. The van der Waals surface area contributed by atoms with Crippen LogP contribution in [0.5, 0.6) is 0 Å². The van der Waals surface area contributed by atoms with Gasteiger partial charge in [-0.25, -0.2) is 17.5 Å². The van der Waals surface area contributed by atoms with Crippen molar-refractivity contribution in [1.82, 2.24) is 4.72 Å². The van der Waals surface area contributed by atoms with Crippen LogP contribution in [0, 0.1) is 12.7 Å². The first-order chi connectivity index (χ1) is 7.84. The molecule has 0 saturated carbocycles.